The maximum atomic E-state index is 12.6. The number of carboxylic acid groups (broad SMARTS) is 1. The number of hydrogen-bond donors (Lipinski definition) is 1. The first kappa shape index (κ1) is 15.8. The van der Waals surface area contributed by atoms with Gasteiger partial charge >= 0.3 is 5.97 Å². The van der Waals surface area contributed by atoms with E-state index in [9.17, 15) is 18.3 Å². The summed E-state index contributed by atoms with van der Waals surface area (Å²) in [5, 5.41) is 9.27. The van der Waals surface area contributed by atoms with E-state index in [0.717, 1.165) is 15.6 Å². The molecule has 1 aromatic heterocycles. The van der Waals surface area contributed by atoms with Crippen LogP contribution in [0, 0.1) is 12.8 Å². The summed E-state index contributed by atoms with van der Waals surface area (Å²) in [6.45, 7) is 3.89. The molecule has 1 aliphatic heterocycles. The lowest BCUT2D eigenvalue weighted by Crippen LogP contribution is -2.49. The molecular formula is C12H16ClNO4S2. The van der Waals surface area contributed by atoms with Crippen LogP contribution < -0.4 is 0 Å². The molecule has 0 spiro atoms. The van der Waals surface area contributed by atoms with E-state index in [0.29, 0.717) is 22.7 Å². The van der Waals surface area contributed by atoms with E-state index in [2.05, 4.69) is 0 Å². The van der Waals surface area contributed by atoms with Crippen LogP contribution in [0.15, 0.2) is 10.3 Å². The van der Waals surface area contributed by atoms with Crippen molar-refractivity contribution in [1.29, 1.82) is 0 Å². The molecule has 0 radical (unpaired) electrons. The number of hydrogen-bond acceptors (Lipinski definition) is 4. The van der Waals surface area contributed by atoms with Gasteiger partial charge in [0.2, 0.25) is 0 Å². The predicted octanol–water partition coefficient (Wildman–Crippen LogP) is 2.58. The summed E-state index contributed by atoms with van der Waals surface area (Å²) in [7, 11) is -3.79. The Kier molecular flexibility index (Phi) is 4.44. The van der Waals surface area contributed by atoms with Gasteiger partial charge in [0.05, 0.1) is 4.34 Å². The number of halogens is 1. The highest BCUT2D eigenvalue weighted by molar-refractivity contribution is 7.91. The second-order valence-corrected chi connectivity index (χ2v) is 8.89. The Balaban J connectivity index is 2.39. The van der Waals surface area contributed by atoms with E-state index in [1.165, 1.54) is 6.07 Å². The SMILES string of the molecule is Cc1cc(S(=O)(=O)N2CCC(C)CC2C(=O)O)sc1Cl. The van der Waals surface area contributed by atoms with Gasteiger partial charge in [-0.25, -0.2) is 8.42 Å². The summed E-state index contributed by atoms with van der Waals surface area (Å²) < 4.78 is 26.8. The van der Waals surface area contributed by atoms with E-state index >= 15 is 0 Å². The monoisotopic (exact) mass is 337 g/mol. The number of carbonyl (C=O) groups is 1. The summed E-state index contributed by atoms with van der Waals surface area (Å²) in [4.78, 5) is 11.3. The Labute approximate surface area is 127 Å². The molecule has 0 bridgehead atoms. The molecule has 2 rings (SSSR count). The van der Waals surface area contributed by atoms with Gasteiger partial charge in [-0.3, -0.25) is 4.79 Å². The Bertz CT molecular complexity index is 606. The number of thiophene rings is 1. The fourth-order valence-electron chi connectivity index (χ4n) is 2.31. The molecule has 112 valence electrons. The first-order valence-corrected chi connectivity index (χ1v) is 8.87. The second kappa shape index (κ2) is 5.63. The number of aliphatic carboxylic acids is 1. The lowest BCUT2D eigenvalue weighted by Gasteiger charge is -2.34. The van der Waals surface area contributed by atoms with Crippen molar-refractivity contribution in [2.75, 3.05) is 6.54 Å². The number of rotatable bonds is 3. The Morgan fingerprint density at radius 2 is 2.20 bits per heavy atom. The largest absolute Gasteiger partial charge is 0.480 e. The zero-order valence-electron chi connectivity index (χ0n) is 11.2. The van der Waals surface area contributed by atoms with Crippen LogP contribution in [0.4, 0.5) is 0 Å². The summed E-state index contributed by atoms with van der Waals surface area (Å²) in [5.74, 6) is -0.893. The molecule has 20 heavy (non-hydrogen) atoms. The van der Waals surface area contributed by atoms with E-state index < -0.39 is 22.0 Å². The molecule has 1 saturated heterocycles. The van der Waals surface area contributed by atoms with Crippen LogP contribution in [0.3, 0.4) is 0 Å². The van der Waals surface area contributed by atoms with Crippen molar-refractivity contribution in [3.05, 3.63) is 16.0 Å². The minimum Gasteiger partial charge on any atom is -0.480 e. The Hall–Kier alpha value is -0.630. The van der Waals surface area contributed by atoms with E-state index in [1.807, 2.05) is 6.92 Å². The average Bonchev–Trinajstić information content (AvgIpc) is 2.70. The van der Waals surface area contributed by atoms with Gasteiger partial charge in [-0.2, -0.15) is 4.31 Å². The molecule has 2 heterocycles. The minimum absolute atomic E-state index is 0.112. The van der Waals surface area contributed by atoms with Gasteiger partial charge < -0.3 is 5.11 Å². The van der Waals surface area contributed by atoms with Crippen LogP contribution in [-0.4, -0.2) is 36.4 Å². The van der Waals surface area contributed by atoms with Gasteiger partial charge in [0.1, 0.15) is 10.3 Å². The predicted molar refractivity (Wildman–Crippen MR) is 77.8 cm³/mol. The smallest absolute Gasteiger partial charge is 0.322 e. The number of nitrogens with zero attached hydrogens (tertiary/aromatic N) is 1. The van der Waals surface area contributed by atoms with Crippen LogP contribution in [0.5, 0.6) is 0 Å². The number of sulfonamides is 1. The van der Waals surface area contributed by atoms with Gasteiger partial charge in [-0.1, -0.05) is 18.5 Å². The van der Waals surface area contributed by atoms with E-state index in [-0.39, 0.29) is 16.7 Å². The van der Waals surface area contributed by atoms with Crippen molar-refractivity contribution in [3.8, 4) is 0 Å². The van der Waals surface area contributed by atoms with Gasteiger partial charge in [-0.05, 0) is 37.3 Å². The minimum atomic E-state index is -3.79. The maximum Gasteiger partial charge on any atom is 0.322 e. The third-order valence-corrected chi connectivity index (χ3v) is 7.41. The van der Waals surface area contributed by atoms with Crippen molar-refractivity contribution in [2.24, 2.45) is 5.92 Å². The van der Waals surface area contributed by atoms with Crippen LogP contribution in [-0.2, 0) is 14.8 Å². The molecular weight excluding hydrogens is 322 g/mol. The zero-order chi connectivity index (χ0) is 15.1. The highest BCUT2D eigenvalue weighted by Gasteiger charge is 2.40. The van der Waals surface area contributed by atoms with Crippen LogP contribution >= 0.6 is 22.9 Å². The van der Waals surface area contributed by atoms with Crippen molar-refractivity contribution < 1.29 is 18.3 Å². The summed E-state index contributed by atoms with van der Waals surface area (Å²) in [6, 6.07) is 0.504. The van der Waals surface area contributed by atoms with Crippen LogP contribution in [0.2, 0.25) is 4.34 Å². The molecule has 1 aromatic rings. The second-order valence-electron chi connectivity index (χ2n) is 5.12. The number of piperidine rings is 1. The molecule has 1 aliphatic rings. The maximum absolute atomic E-state index is 12.6. The third kappa shape index (κ3) is 2.86. The molecule has 0 aromatic carbocycles. The van der Waals surface area contributed by atoms with Crippen molar-refractivity contribution >= 4 is 38.9 Å². The fraction of sp³-hybridized carbons (Fsp3) is 0.583. The number of aryl methyl sites for hydroxylation is 1. The Morgan fingerprint density at radius 1 is 1.55 bits per heavy atom. The molecule has 0 saturated carbocycles. The lowest BCUT2D eigenvalue weighted by atomic mass is 9.94. The summed E-state index contributed by atoms with van der Waals surface area (Å²) in [5.41, 5.74) is 0.687. The van der Waals surface area contributed by atoms with Gasteiger partial charge in [0, 0.05) is 6.54 Å². The van der Waals surface area contributed by atoms with Gasteiger partial charge in [0.25, 0.3) is 10.0 Å². The average molecular weight is 338 g/mol. The molecule has 8 heteroatoms. The standard InChI is InChI=1S/C12H16ClNO4S2/c1-7-3-4-14(9(5-7)12(15)16)20(17,18)10-6-8(2)11(13)19-10/h6-7,9H,3-5H2,1-2H3,(H,15,16). The molecule has 0 aliphatic carbocycles. The molecule has 0 amide bonds. The van der Waals surface area contributed by atoms with Gasteiger partial charge in [-0.15, -0.1) is 11.3 Å². The summed E-state index contributed by atoms with van der Waals surface area (Å²) in [6.07, 6.45) is 1.01. The van der Waals surface area contributed by atoms with Crippen LogP contribution in [0.1, 0.15) is 25.3 Å². The van der Waals surface area contributed by atoms with Gasteiger partial charge in [0.15, 0.2) is 0 Å². The molecule has 2 atom stereocenters. The third-order valence-electron chi connectivity index (χ3n) is 3.50. The molecule has 1 N–H and O–H groups in total. The Morgan fingerprint density at radius 3 is 2.70 bits per heavy atom. The first-order chi connectivity index (χ1) is 9.23. The highest BCUT2D eigenvalue weighted by Crippen LogP contribution is 2.35. The first-order valence-electron chi connectivity index (χ1n) is 6.24. The molecule has 5 nitrogen and oxygen atoms in total. The number of carboxylic acids is 1. The summed E-state index contributed by atoms with van der Waals surface area (Å²) >= 11 is 6.89. The zero-order valence-corrected chi connectivity index (χ0v) is 13.6. The van der Waals surface area contributed by atoms with Crippen molar-refractivity contribution in [1.82, 2.24) is 4.31 Å². The van der Waals surface area contributed by atoms with Crippen LogP contribution in [0.25, 0.3) is 0 Å². The van der Waals surface area contributed by atoms with Crippen molar-refractivity contribution in [2.45, 2.75) is 36.9 Å². The highest BCUT2D eigenvalue weighted by atomic mass is 35.5. The molecule has 1 fully saturated rings. The quantitative estimate of drug-likeness (QED) is 0.919. The van der Waals surface area contributed by atoms with E-state index in [4.69, 9.17) is 11.6 Å². The normalized spacial score (nSPS) is 24.8. The van der Waals surface area contributed by atoms with E-state index in [1.54, 1.807) is 6.92 Å². The van der Waals surface area contributed by atoms with Crippen molar-refractivity contribution in [3.63, 3.8) is 0 Å². The fourth-order valence-corrected chi connectivity index (χ4v) is 5.75. The lowest BCUT2D eigenvalue weighted by molar-refractivity contribution is -0.142. The molecule has 2 unspecified atom stereocenters. The topological polar surface area (TPSA) is 74.7 Å².